The molecule has 1 fully saturated rings. The second kappa shape index (κ2) is 9.00. The molecule has 1 saturated heterocycles. The molecular formula is C16H19F2N5O3S. The average molecular weight is 399 g/mol. The Morgan fingerprint density at radius 3 is 2.67 bits per heavy atom. The van der Waals surface area contributed by atoms with Crippen molar-refractivity contribution in [1.29, 1.82) is 0 Å². The Hall–Kier alpha value is -2.40. The van der Waals surface area contributed by atoms with Gasteiger partial charge in [-0.2, -0.15) is 8.78 Å². The third-order valence-electron chi connectivity index (χ3n) is 3.80. The zero-order valence-corrected chi connectivity index (χ0v) is 15.4. The Kier molecular flexibility index (Phi) is 6.45. The number of carbonyl (C=O) groups is 1. The maximum absolute atomic E-state index is 12.1. The number of alkyl halides is 2. The van der Waals surface area contributed by atoms with E-state index in [0.717, 1.165) is 19.0 Å². The molecule has 0 radical (unpaired) electrons. The molecule has 11 heteroatoms. The van der Waals surface area contributed by atoms with Crippen molar-refractivity contribution in [3.05, 3.63) is 24.3 Å². The molecule has 0 spiro atoms. The Balaban J connectivity index is 1.51. The van der Waals surface area contributed by atoms with Gasteiger partial charge in [0.25, 0.3) is 0 Å². The predicted octanol–water partition coefficient (Wildman–Crippen LogP) is 1.98. The van der Waals surface area contributed by atoms with Crippen LogP contribution >= 0.6 is 11.8 Å². The summed E-state index contributed by atoms with van der Waals surface area (Å²) in [6.45, 7) is -0.0710. The molecule has 3 rings (SSSR count). The highest BCUT2D eigenvalue weighted by molar-refractivity contribution is 7.99. The van der Waals surface area contributed by atoms with Crippen LogP contribution in [0, 0.1) is 0 Å². The van der Waals surface area contributed by atoms with Crippen LogP contribution in [-0.4, -0.2) is 59.3 Å². The van der Waals surface area contributed by atoms with E-state index in [9.17, 15) is 13.6 Å². The lowest BCUT2D eigenvalue weighted by Gasteiger charge is -2.27. The number of nitrogens with one attached hydrogen (secondary N) is 1. The molecule has 0 aliphatic carbocycles. The van der Waals surface area contributed by atoms with E-state index in [1.54, 1.807) is 0 Å². The van der Waals surface area contributed by atoms with Crippen molar-refractivity contribution >= 4 is 29.3 Å². The standard InChI is InChI=1S/C16H19F2N5O3S/c1-22-15(23-6-8-25-9-7-23)20-21-16(22)27-10-13(24)19-11-2-4-12(5-3-11)26-14(17)18/h2-5,14H,6-10H2,1H3,(H,19,24). The van der Waals surface area contributed by atoms with Gasteiger partial charge in [0.1, 0.15) is 5.75 Å². The lowest BCUT2D eigenvalue weighted by atomic mass is 10.3. The van der Waals surface area contributed by atoms with Crippen molar-refractivity contribution in [1.82, 2.24) is 14.8 Å². The van der Waals surface area contributed by atoms with Gasteiger partial charge in [-0.05, 0) is 24.3 Å². The van der Waals surface area contributed by atoms with Crippen LogP contribution in [0.1, 0.15) is 0 Å². The normalized spacial score (nSPS) is 14.4. The first-order valence-electron chi connectivity index (χ1n) is 8.22. The van der Waals surface area contributed by atoms with Crippen molar-refractivity contribution in [2.45, 2.75) is 11.8 Å². The van der Waals surface area contributed by atoms with Crippen LogP contribution < -0.4 is 15.0 Å². The number of anilines is 2. The molecule has 1 aromatic heterocycles. The number of rotatable bonds is 7. The van der Waals surface area contributed by atoms with Crippen molar-refractivity contribution in [3.63, 3.8) is 0 Å². The van der Waals surface area contributed by atoms with Crippen LogP contribution in [0.2, 0.25) is 0 Å². The molecule has 1 aromatic carbocycles. The van der Waals surface area contributed by atoms with Crippen molar-refractivity contribution < 1.29 is 23.0 Å². The Bertz CT molecular complexity index is 766. The van der Waals surface area contributed by atoms with E-state index in [1.165, 1.54) is 36.0 Å². The second-order valence-corrected chi connectivity index (χ2v) is 6.62. The van der Waals surface area contributed by atoms with Gasteiger partial charge in [-0.15, -0.1) is 10.2 Å². The molecule has 0 saturated carbocycles. The lowest BCUT2D eigenvalue weighted by Crippen LogP contribution is -2.37. The van der Waals surface area contributed by atoms with Gasteiger partial charge >= 0.3 is 6.61 Å². The Morgan fingerprint density at radius 2 is 2.00 bits per heavy atom. The summed E-state index contributed by atoms with van der Waals surface area (Å²) in [5.41, 5.74) is 0.495. The van der Waals surface area contributed by atoms with Crippen molar-refractivity contribution in [2.24, 2.45) is 7.05 Å². The summed E-state index contributed by atoms with van der Waals surface area (Å²) in [6, 6.07) is 5.73. The summed E-state index contributed by atoms with van der Waals surface area (Å²) in [6.07, 6.45) is 0. The number of carbonyl (C=O) groups excluding carboxylic acids is 1. The minimum atomic E-state index is -2.88. The number of benzene rings is 1. The Labute approximate surface area is 158 Å². The molecule has 1 aliphatic heterocycles. The van der Waals surface area contributed by atoms with E-state index in [4.69, 9.17) is 4.74 Å². The smallest absolute Gasteiger partial charge is 0.387 e. The van der Waals surface area contributed by atoms with Crippen LogP contribution in [-0.2, 0) is 16.6 Å². The fourth-order valence-corrected chi connectivity index (χ4v) is 3.22. The molecule has 1 N–H and O–H groups in total. The maximum atomic E-state index is 12.1. The van der Waals surface area contributed by atoms with Gasteiger partial charge in [0.05, 0.1) is 19.0 Å². The van der Waals surface area contributed by atoms with E-state index in [-0.39, 0.29) is 17.4 Å². The van der Waals surface area contributed by atoms with Crippen molar-refractivity contribution in [3.8, 4) is 5.75 Å². The third-order valence-corrected chi connectivity index (χ3v) is 4.82. The summed E-state index contributed by atoms with van der Waals surface area (Å²) < 4.78 is 35.7. The molecule has 27 heavy (non-hydrogen) atoms. The topological polar surface area (TPSA) is 81.5 Å². The molecular weight excluding hydrogens is 380 g/mol. The van der Waals surface area contributed by atoms with Gasteiger partial charge < -0.3 is 19.7 Å². The highest BCUT2D eigenvalue weighted by atomic mass is 32.2. The highest BCUT2D eigenvalue weighted by Gasteiger charge is 2.19. The fraction of sp³-hybridized carbons (Fsp3) is 0.438. The average Bonchev–Trinajstić information content (AvgIpc) is 3.02. The Morgan fingerprint density at radius 1 is 1.30 bits per heavy atom. The van der Waals surface area contributed by atoms with Crippen LogP contribution in [0.3, 0.4) is 0 Å². The molecule has 2 aromatic rings. The zero-order chi connectivity index (χ0) is 19.2. The zero-order valence-electron chi connectivity index (χ0n) is 14.6. The molecule has 1 amide bonds. The van der Waals surface area contributed by atoms with Gasteiger partial charge in [0, 0.05) is 25.8 Å². The summed E-state index contributed by atoms with van der Waals surface area (Å²) >= 11 is 1.27. The summed E-state index contributed by atoms with van der Waals surface area (Å²) in [5.74, 6) is 0.686. The highest BCUT2D eigenvalue weighted by Crippen LogP contribution is 2.22. The molecule has 0 bridgehead atoms. The van der Waals surface area contributed by atoms with E-state index in [2.05, 4.69) is 25.2 Å². The number of hydrogen-bond acceptors (Lipinski definition) is 7. The molecule has 0 unspecified atom stereocenters. The number of nitrogens with zero attached hydrogens (tertiary/aromatic N) is 4. The quantitative estimate of drug-likeness (QED) is 0.713. The first-order chi connectivity index (χ1) is 13.0. The van der Waals surface area contributed by atoms with Gasteiger partial charge in [-0.1, -0.05) is 11.8 Å². The maximum Gasteiger partial charge on any atom is 0.387 e. The number of halogens is 2. The van der Waals surface area contributed by atoms with Gasteiger partial charge in [0.15, 0.2) is 5.16 Å². The minimum Gasteiger partial charge on any atom is -0.435 e. The third kappa shape index (κ3) is 5.30. The molecule has 1 aliphatic rings. The fourth-order valence-electron chi connectivity index (χ4n) is 2.52. The number of thioether (sulfide) groups is 1. The van der Waals surface area contributed by atoms with E-state index in [0.29, 0.717) is 24.1 Å². The minimum absolute atomic E-state index is 0.0344. The summed E-state index contributed by atoms with van der Waals surface area (Å²) in [5, 5.41) is 11.7. The van der Waals surface area contributed by atoms with Crippen LogP contribution in [0.15, 0.2) is 29.4 Å². The first kappa shape index (κ1) is 19.4. The van der Waals surface area contributed by atoms with Crippen LogP contribution in [0.5, 0.6) is 5.75 Å². The predicted molar refractivity (Wildman–Crippen MR) is 96.5 cm³/mol. The van der Waals surface area contributed by atoms with Crippen LogP contribution in [0.25, 0.3) is 0 Å². The largest absolute Gasteiger partial charge is 0.435 e. The van der Waals surface area contributed by atoms with Crippen LogP contribution in [0.4, 0.5) is 20.4 Å². The molecule has 0 atom stereocenters. The number of hydrogen-bond donors (Lipinski definition) is 1. The molecule has 8 nitrogen and oxygen atoms in total. The second-order valence-electron chi connectivity index (χ2n) is 5.68. The van der Waals surface area contributed by atoms with E-state index >= 15 is 0 Å². The van der Waals surface area contributed by atoms with Crippen molar-refractivity contribution in [2.75, 3.05) is 42.3 Å². The summed E-state index contributed by atoms with van der Waals surface area (Å²) in [4.78, 5) is 14.2. The summed E-state index contributed by atoms with van der Waals surface area (Å²) in [7, 11) is 1.85. The SMILES string of the molecule is Cn1c(SCC(=O)Nc2ccc(OC(F)F)cc2)nnc1N1CCOCC1. The van der Waals surface area contributed by atoms with E-state index < -0.39 is 6.61 Å². The molecule has 2 heterocycles. The van der Waals surface area contributed by atoms with Gasteiger partial charge in [-0.3, -0.25) is 9.36 Å². The van der Waals surface area contributed by atoms with Gasteiger partial charge in [0.2, 0.25) is 11.9 Å². The number of aromatic nitrogens is 3. The number of amides is 1. The number of ether oxygens (including phenoxy) is 2. The van der Waals surface area contributed by atoms with E-state index in [1.807, 2.05) is 11.6 Å². The molecule has 146 valence electrons. The lowest BCUT2D eigenvalue weighted by molar-refractivity contribution is -0.113. The monoisotopic (exact) mass is 399 g/mol. The first-order valence-corrected chi connectivity index (χ1v) is 9.21. The van der Waals surface area contributed by atoms with Gasteiger partial charge in [-0.25, -0.2) is 0 Å². The number of morpholine rings is 1.